The van der Waals surface area contributed by atoms with Gasteiger partial charge in [0.1, 0.15) is 11.9 Å². The summed E-state index contributed by atoms with van der Waals surface area (Å²) >= 11 is 0. The van der Waals surface area contributed by atoms with Crippen LogP contribution in [0, 0.1) is 5.82 Å². The summed E-state index contributed by atoms with van der Waals surface area (Å²) in [5.74, 6) is -1.27. The van der Waals surface area contributed by atoms with E-state index < -0.39 is 11.9 Å². The summed E-state index contributed by atoms with van der Waals surface area (Å²) in [4.78, 5) is 40.7. The molecule has 3 heterocycles. The summed E-state index contributed by atoms with van der Waals surface area (Å²) in [7, 11) is 0. The van der Waals surface area contributed by atoms with Gasteiger partial charge in [0.2, 0.25) is 11.8 Å². The third-order valence-corrected chi connectivity index (χ3v) is 7.34. The molecule has 3 amide bonds. The van der Waals surface area contributed by atoms with Gasteiger partial charge in [-0.1, -0.05) is 18.2 Å². The number of anilines is 1. The lowest BCUT2D eigenvalue weighted by molar-refractivity contribution is -0.182. The minimum Gasteiger partial charge on any atom is -0.381 e. The Kier molecular flexibility index (Phi) is 6.77. The lowest BCUT2D eigenvalue weighted by Gasteiger charge is -2.47. The lowest BCUT2D eigenvalue weighted by Crippen LogP contribution is -2.56. The maximum absolute atomic E-state index is 15.1. The van der Waals surface area contributed by atoms with Crippen LogP contribution >= 0.6 is 0 Å². The van der Waals surface area contributed by atoms with Crippen LogP contribution in [0.3, 0.4) is 0 Å². The lowest BCUT2D eigenvalue weighted by atomic mass is 9.98. The van der Waals surface area contributed by atoms with Crippen molar-refractivity contribution in [3.63, 3.8) is 0 Å². The number of carbonyl (C=O) groups is 3. The Balaban J connectivity index is 1.25. The molecule has 0 unspecified atom stereocenters. The molecule has 0 radical (unpaired) electrons. The molecular weight excluding hydrogens is 487 g/mol. The van der Waals surface area contributed by atoms with Crippen LogP contribution in [0.1, 0.15) is 67.6 Å². The first-order valence-electron chi connectivity index (χ1n) is 13.1. The first kappa shape index (κ1) is 26.3. The van der Waals surface area contributed by atoms with Crippen LogP contribution in [-0.4, -0.2) is 57.9 Å². The molecule has 2 aromatic carbocycles. The molecule has 3 aliphatic heterocycles. The van der Waals surface area contributed by atoms with E-state index in [-0.39, 0.29) is 48.3 Å². The van der Waals surface area contributed by atoms with E-state index in [0.717, 1.165) is 29.9 Å². The summed E-state index contributed by atoms with van der Waals surface area (Å²) in [6, 6.07) is 10.0. The fourth-order valence-corrected chi connectivity index (χ4v) is 6.09. The largest absolute Gasteiger partial charge is 0.381 e. The zero-order chi connectivity index (χ0) is 27.2. The van der Waals surface area contributed by atoms with Gasteiger partial charge in [0, 0.05) is 61.5 Å². The number of hydrogen-bond donors (Lipinski definition) is 2. The number of halogens is 1. The quantitative estimate of drug-likeness (QED) is 0.564. The maximum Gasteiger partial charge on any atom is 0.255 e. The van der Waals surface area contributed by atoms with Crippen molar-refractivity contribution >= 4 is 23.4 Å². The molecule has 38 heavy (non-hydrogen) atoms. The fraction of sp³-hybridized carbons (Fsp3) is 0.483. The number of amides is 3. The van der Waals surface area contributed by atoms with Crippen molar-refractivity contribution < 1.29 is 23.5 Å². The van der Waals surface area contributed by atoms with Gasteiger partial charge in [-0.05, 0) is 57.9 Å². The standard InChI is InChI=1S/C29H35FN4O4/c1-28(2)16-33(17-29(3,4)38-28)14-18-8-9-19(22(30)12-18)13-31-23-7-5-6-20-21(23)15-34(27(20)37)24-10-11-25(35)32-26(24)36/h5-9,12,24,31H,10-11,13-17H2,1-4H3,(H,32,35,36)/t24-/m1/s1. The van der Waals surface area contributed by atoms with Gasteiger partial charge in [-0.15, -0.1) is 0 Å². The van der Waals surface area contributed by atoms with E-state index in [9.17, 15) is 14.4 Å². The van der Waals surface area contributed by atoms with Crippen molar-refractivity contribution in [3.05, 3.63) is 64.5 Å². The summed E-state index contributed by atoms with van der Waals surface area (Å²) in [6.07, 6.45) is 0.516. The van der Waals surface area contributed by atoms with E-state index in [0.29, 0.717) is 24.1 Å². The molecule has 0 aliphatic carbocycles. The molecular formula is C29H35FN4O4. The predicted molar refractivity (Wildman–Crippen MR) is 141 cm³/mol. The SMILES string of the molecule is CC1(C)CN(Cc2ccc(CNc3cccc4c3CN([C@@H]3CCC(=O)NC3=O)C4=O)c(F)c2)CC(C)(C)O1. The highest BCUT2D eigenvalue weighted by atomic mass is 19.1. The summed E-state index contributed by atoms with van der Waals surface area (Å²) in [5, 5.41) is 5.61. The molecule has 1 atom stereocenters. The molecule has 2 fully saturated rings. The highest BCUT2D eigenvalue weighted by Crippen LogP contribution is 2.33. The van der Waals surface area contributed by atoms with Gasteiger partial charge in [-0.25, -0.2) is 4.39 Å². The second-order valence-electron chi connectivity index (χ2n) is 11.8. The number of hydrogen-bond acceptors (Lipinski definition) is 6. The van der Waals surface area contributed by atoms with Crippen LogP contribution in [0.25, 0.3) is 0 Å². The number of fused-ring (bicyclic) bond motifs is 1. The molecule has 3 aliphatic rings. The molecule has 2 aromatic rings. The van der Waals surface area contributed by atoms with Crippen LogP contribution in [0.2, 0.25) is 0 Å². The van der Waals surface area contributed by atoms with Crippen molar-refractivity contribution in [2.45, 2.75) is 77.4 Å². The second kappa shape index (κ2) is 9.78. The normalized spacial score (nSPS) is 22.8. The van der Waals surface area contributed by atoms with Crippen molar-refractivity contribution in [3.8, 4) is 0 Å². The monoisotopic (exact) mass is 522 g/mol. The van der Waals surface area contributed by atoms with Crippen LogP contribution in [0.4, 0.5) is 10.1 Å². The minimum absolute atomic E-state index is 0.206. The van der Waals surface area contributed by atoms with Gasteiger partial charge in [-0.3, -0.25) is 24.6 Å². The van der Waals surface area contributed by atoms with Gasteiger partial charge in [0.05, 0.1) is 11.2 Å². The molecule has 5 rings (SSSR count). The van der Waals surface area contributed by atoms with Crippen LogP contribution in [-0.2, 0) is 34.0 Å². The van der Waals surface area contributed by atoms with E-state index >= 15 is 4.39 Å². The number of carbonyl (C=O) groups excluding carboxylic acids is 3. The molecule has 2 N–H and O–H groups in total. The van der Waals surface area contributed by atoms with E-state index in [2.05, 4.69) is 43.2 Å². The van der Waals surface area contributed by atoms with Crippen LogP contribution in [0.5, 0.6) is 0 Å². The van der Waals surface area contributed by atoms with E-state index in [1.165, 1.54) is 4.90 Å². The van der Waals surface area contributed by atoms with E-state index in [1.54, 1.807) is 24.3 Å². The first-order chi connectivity index (χ1) is 17.9. The molecule has 202 valence electrons. The van der Waals surface area contributed by atoms with Gasteiger partial charge in [0.25, 0.3) is 5.91 Å². The highest BCUT2D eigenvalue weighted by molar-refractivity contribution is 6.06. The van der Waals surface area contributed by atoms with Gasteiger partial charge >= 0.3 is 0 Å². The molecule has 0 saturated carbocycles. The number of nitrogens with zero attached hydrogens (tertiary/aromatic N) is 2. The maximum atomic E-state index is 15.1. The van der Waals surface area contributed by atoms with Crippen molar-refractivity contribution in [2.75, 3.05) is 18.4 Å². The summed E-state index contributed by atoms with van der Waals surface area (Å²) in [5.41, 5.74) is 2.92. The zero-order valence-corrected chi connectivity index (χ0v) is 22.4. The fourth-order valence-electron chi connectivity index (χ4n) is 6.09. The van der Waals surface area contributed by atoms with Crippen LogP contribution in [0.15, 0.2) is 36.4 Å². The average molecular weight is 523 g/mol. The van der Waals surface area contributed by atoms with E-state index in [4.69, 9.17) is 4.74 Å². The Morgan fingerprint density at radius 2 is 1.82 bits per heavy atom. The molecule has 0 aromatic heterocycles. The number of rotatable bonds is 6. The van der Waals surface area contributed by atoms with Crippen molar-refractivity contribution in [1.82, 2.24) is 15.1 Å². The van der Waals surface area contributed by atoms with E-state index in [1.807, 2.05) is 12.1 Å². The Labute approximate surface area is 222 Å². The topological polar surface area (TPSA) is 91.0 Å². The van der Waals surface area contributed by atoms with Gasteiger partial charge in [-0.2, -0.15) is 0 Å². The number of piperidine rings is 1. The zero-order valence-electron chi connectivity index (χ0n) is 22.4. The molecule has 8 nitrogen and oxygen atoms in total. The Morgan fingerprint density at radius 3 is 2.50 bits per heavy atom. The molecule has 9 heteroatoms. The molecule has 2 saturated heterocycles. The number of ether oxygens (including phenoxy) is 1. The van der Waals surface area contributed by atoms with Gasteiger partial charge in [0.15, 0.2) is 0 Å². The highest BCUT2D eigenvalue weighted by Gasteiger charge is 2.40. The van der Waals surface area contributed by atoms with Crippen LogP contribution < -0.4 is 10.6 Å². The smallest absolute Gasteiger partial charge is 0.255 e. The molecule has 0 spiro atoms. The van der Waals surface area contributed by atoms with Crippen molar-refractivity contribution in [2.24, 2.45) is 0 Å². The van der Waals surface area contributed by atoms with Crippen molar-refractivity contribution in [1.29, 1.82) is 0 Å². The van der Waals surface area contributed by atoms with Gasteiger partial charge < -0.3 is 15.0 Å². The number of morpholine rings is 1. The second-order valence-corrected chi connectivity index (χ2v) is 11.8. The third kappa shape index (κ3) is 5.44. The molecule has 0 bridgehead atoms. The Bertz CT molecular complexity index is 1280. The number of imide groups is 1. The number of benzene rings is 2. The summed E-state index contributed by atoms with van der Waals surface area (Å²) in [6.45, 7) is 11.0. The third-order valence-electron chi connectivity index (χ3n) is 7.34. The average Bonchev–Trinajstić information content (AvgIpc) is 3.13. The Hall–Kier alpha value is -3.30. The Morgan fingerprint density at radius 1 is 1.08 bits per heavy atom. The first-order valence-corrected chi connectivity index (χ1v) is 13.1. The number of nitrogens with one attached hydrogen (secondary N) is 2. The predicted octanol–water partition coefficient (Wildman–Crippen LogP) is 3.59. The minimum atomic E-state index is -0.673. The summed E-state index contributed by atoms with van der Waals surface area (Å²) < 4.78 is 21.3.